The van der Waals surface area contributed by atoms with Crippen LogP contribution in [-0.2, 0) is 6.42 Å². The lowest BCUT2D eigenvalue weighted by atomic mass is 10.1. The van der Waals surface area contributed by atoms with E-state index in [2.05, 4.69) is 26.4 Å². The number of imidazole rings is 1. The normalized spacial score (nSPS) is 18.4. The van der Waals surface area contributed by atoms with E-state index in [1.54, 1.807) is 6.07 Å². The van der Waals surface area contributed by atoms with Crippen molar-refractivity contribution in [1.29, 1.82) is 0 Å². The van der Waals surface area contributed by atoms with Gasteiger partial charge in [-0.1, -0.05) is 13.0 Å². The second-order valence-corrected chi connectivity index (χ2v) is 5.53. The van der Waals surface area contributed by atoms with Crippen LogP contribution in [0.25, 0.3) is 0 Å². The predicted octanol–water partition coefficient (Wildman–Crippen LogP) is 2.38. The third-order valence-electron chi connectivity index (χ3n) is 4.13. The minimum atomic E-state index is -0.988. The van der Waals surface area contributed by atoms with Crippen LogP contribution in [0, 0.1) is 0 Å². The van der Waals surface area contributed by atoms with Gasteiger partial charge in [0.05, 0.1) is 6.04 Å². The van der Waals surface area contributed by atoms with Gasteiger partial charge in [-0.3, -0.25) is 0 Å². The van der Waals surface area contributed by atoms with E-state index >= 15 is 0 Å². The molecule has 0 bridgehead atoms. The van der Waals surface area contributed by atoms with Crippen LogP contribution in [0.3, 0.4) is 0 Å². The fraction of sp³-hybridized carbons (Fsp3) is 0.438. The van der Waals surface area contributed by atoms with E-state index in [0.29, 0.717) is 6.04 Å². The molecule has 1 aliphatic rings. The van der Waals surface area contributed by atoms with Gasteiger partial charge in [0.2, 0.25) is 0 Å². The molecule has 0 unspecified atom stereocenters. The fourth-order valence-electron chi connectivity index (χ4n) is 3.06. The van der Waals surface area contributed by atoms with Crippen LogP contribution >= 0.6 is 0 Å². The van der Waals surface area contributed by atoms with Gasteiger partial charge in [-0.15, -0.1) is 0 Å². The summed E-state index contributed by atoms with van der Waals surface area (Å²) >= 11 is 0. The first-order chi connectivity index (χ1) is 10.7. The first-order valence-corrected chi connectivity index (χ1v) is 7.66. The molecule has 3 heterocycles. The summed E-state index contributed by atoms with van der Waals surface area (Å²) in [5, 5.41) is 9.08. The monoisotopic (exact) mass is 300 g/mol. The Labute approximate surface area is 129 Å². The van der Waals surface area contributed by atoms with E-state index in [1.165, 1.54) is 6.07 Å². The van der Waals surface area contributed by atoms with Crippen LogP contribution < -0.4 is 4.90 Å². The summed E-state index contributed by atoms with van der Waals surface area (Å²) in [6, 6.07) is 5.52. The second-order valence-electron chi connectivity index (χ2n) is 5.53. The zero-order valence-corrected chi connectivity index (χ0v) is 12.6. The number of pyridine rings is 1. The Hall–Kier alpha value is -2.37. The molecule has 0 amide bonds. The highest BCUT2D eigenvalue weighted by Crippen LogP contribution is 2.26. The third kappa shape index (κ3) is 2.81. The van der Waals surface area contributed by atoms with Crippen molar-refractivity contribution in [3.05, 3.63) is 42.1 Å². The molecule has 0 saturated carbocycles. The Balaban J connectivity index is 1.81. The maximum atomic E-state index is 11.1. The molecule has 6 nitrogen and oxygen atoms in total. The van der Waals surface area contributed by atoms with Gasteiger partial charge in [0.1, 0.15) is 11.6 Å². The number of hydrogen-bond donors (Lipinski definition) is 1. The number of aryl methyl sites for hydroxylation is 1. The van der Waals surface area contributed by atoms with Crippen molar-refractivity contribution in [2.75, 3.05) is 18.0 Å². The van der Waals surface area contributed by atoms with Crippen LogP contribution in [0.2, 0.25) is 0 Å². The number of aromatic carboxylic acids is 1. The topological polar surface area (TPSA) is 71.2 Å². The molecule has 6 heteroatoms. The minimum absolute atomic E-state index is 0.0940. The predicted molar refractivity (Wildman–Crippen MR) is 83.3 cm³/mol. The zero-order chi connectivity index (χ0) is 15.5. The molecule has 1 N–H and O–H groups in total. The maximum Gasteiger partial charge on any atom is 0.354 e. The molecule has 1 aliphatic heterocycles. The van der Waals surface area contributed by atoms with Gasteiger partial charge in [0, 0.05) is 31.9 Å². The average molecular weight is 300 g/mol. The molecule has 2 aromatic rings. The highest BCUT2D eigenvalue weighted by Gasteiger charge is 2.23. The quantitative estimate of drug-likeness (QED) is 0.938. The molecule has 2 aromatic heterocycles. The summed E-state index contributed by atoms with van der Waals surface area (Å²) < 4.78 is 2.24. The van der Waals surface area contributed by atoms with Crippen molar-refractivity contribution < 1.29 is 9.90 Å². The van der Waals surface area contributed by atoms with Crippen molar-refractivity contribution in [3.8, 4) is 0 Å². The van der Waals surface area contributed by atoms with Crippen LogP contribution in [-0.4, -0.2) is 38.7 Å². The van der Waals surface area contributed by atoms with Gasteiger partial charge < -0.3 is 14.6 Å². The molecule has 1 atom stereocenters. The number of anilines is 1. The summed E-state index contributed by atoms with van der Waals surface area (Å²) in [7, 11) is 0. The Bertz CT molecular complexity index is 668. The summed E-state index contributed by atoms with van der Waals surface area (Å²) in [5.74, 6) is 0.847. The molecular formula is C16H20N4O2. The van der Waals surface area contributed by atoms with Crippen molar-refractivity contribution in [2.24, 2.45) is 0 Å². The molecule has 0 spiro atoms. The van der Waals surface area contributed by atoms with Gasteiger partial charge in [0.25, 0.3) is 0 Å². The summed E-state index contributed by atoms with van der Waals surface area (Å²) in [6.07, 6.45) is 6.97. The van der Waals surface area contributed by atoms with E-state index < -0.39 is 5.97 Å². The standard InChI is InChI=1S/C16H20N4O2/c1-2-14-17-8-10-20(14)12-5-4-9-19(11-12)15-7-3-6-13(18-15)16(21)22/h3,6-8,10,12H,2,4-5,9,11H2,1H3,(H,21,22)/t12-/m0/s1. The lowest BCUT2D eigenvalue weighted by molar-refractivity contribution is 0.0690. The molecule has 22 heavy (non-hydrogen) atoms. The van der Waals surface area contributed by atoms with Gasteiger partial charge in [-0.25, -0.2) is 14.8 Å². The summed E-state index contributed by atoms with van der Waals surface area (Å²) in [5.41, 5.74) is 0.0940. The first-order valence-electron chi connectivity index (χ1n) is 7.66. The number of carbonyl (C=O) groups is 1. The Morgan fingerprint density at radius 2 is 2.32 bits per heavy atom. The lowest BCUT2D eigenvalue weighted by Crippen LogP contribution is -2.37. The summed E-state index contributed by atoms with van der Waals surface area (Å²) in [6.45, 7) is 3.85. The third-order valence-corrected chi connectivity index (χ3v) is 4.13. The number of aromatic nitrogens is 3. The molecule has 1 fully saturated rings. The van der Waals surface area contributed by atoms with Gasteiger partial charge >= 0.3 is 5.97 Å². The molecule has 116 valence electrons. The molecule has 1 saturated heterocycles. The molecular weight excluding hydrogens is 280 g/mol. The SMILES string of the molecule is CCc1nccn1[C@H]1CCCN(c2cccc(C(=O)O)n2)C1. The molecule has 0 aliphatic carbocycles. The van der Waals surface area contributed by atoms with Gasteiger partial charge in [-0.2, -0.15) is 0 Å². The number of hydrogen-bond acceptors (Lipinski definition) is 4. The Morgan fingerprint density at radius 1 is 1.45 bits per heavy atom. The van der Waals surface area contributed by atoms with Crippen LogP contribution in [0.1, 0.15) is 42.1 Å². The number of piperidine rings is 1. The van der Waals surface area contributed by atoms with E-state index in [4.69, 9.17) is 5.11 Å². The highest BCUT2D eigenvalue weighted by atomic mass is 16.4. The van der Waals surface area contributed by atoms with E-state index in [-0.39, 0.29) is 5.69 Å². The summed E-state index contributed by atoms with van der Waals surface area (Å²) in [4.78, 5) is 21.9. The lowest BCUT2D eigenvalue weighted by Gasteiger charge is -2.35. The van der Waals surface area contributed by atoms with Gasteiger partial charge in [-0.05, 0) is 25.0 Å². The Kier molecular flexibility index (Phi) is 4.09. The van der Waals surface area contributed by atoms with Crippen molar-refractivity contribution >= 4 is 11.8 Å². The van der Waals surface area contributed by atoms with Crippen LogP contribution in [0.4, 0.5) is 5.82 Å². The molecule has 0 radical (unpaired) electrons. The first kappa shape index (κ1) is 14.6. The van der Waals surface area contributed by atoms with E-state index in [9.17, 15) is 4.79 Å². The average Bonchev–Trinajstić information content (AvgIpc) is 3.04. The number of carboxylic acids is 1. The van der Waals surface area contributed by atoms with Crippen LogP contribution in [0.15, 0.2) is 30.6 Å². The zero-order valence-electron chi connectivity index (χ0n) is 12.6. The van der Waals surface area contributed by atoms with Crippen LogP contribution in [0.5, 0.6) is 0 Å². The molecule has 3 rings (SSSR count). The van der Waals surface area contributed by atoms with Crippen molar-refractivity contribution in [3.63, 3.8) is 0 Å². The number of nitrogens with zero attached hydrogens (tertiary/aromatic N) is 4. The van der Waals surface area contributed by atoms with Crippen molar-refractivity contribution in [1.82, 2.24) is 14.5 Å². The molecule has 0 aromatic carbocycles. The van der Waals surface area contributed by atoms with Gasteiger partial charge in [0.15, 0.2) is 5.69 Å². The fourth-order valence-corrected chi connectivity index (χ4v) is 3.06. The maximum absolute atomic E-state index is 11.1. The number of carboxylic acid groups (broad SMARTS) is 1. The Morgan fingerprint density at radius 3 is 3.09 bits per heavy atom. The van der Waals surface area contributed by atoms with E-state index in [1.807, 2.05) is 18.5 Å². The largest absolute Gasteiger partial charge is 0.477 e. The van der Waals surface area contributed by atoms with Crippen molar-refractivity contribution in [2.45, 2.75) is 32.2 Å². The second kappa shape index (κ2) is 6.17. The minimum Gasteiger partial charge on any atom is -0.477 e. The highest BCUT2D eigenvalue weighted by molar-refractivity contribution is 5.85. The van der Waals surface area contributed by atoms with E-state index in [0.717, 1.165) is 44.0 Å². The smallest absolute Gasteiger partial charge is 0.354 e. The number of rotatable bonds is 4.